The molecule has 0 saturated heterocycles. The van der Waals surface area contributed by atoms with E-state index in [0.717, 1.165) is 12.1 Å². The number of carbonyl (C=O) groups excluding carboxylic acids is 1. The standard InChI is InChI=1S/C11H13F3N2O2/c1-7(4-5-17)16-10(18)9-3-2-8(6-15-9)11(12,13)14/h2-3,6-7,17H,4-5H2,1H3,(H,16,18). The lowest BCUT2D eigenvalue weighted by Gasteiger charge is -2.12. The monoisotopic (exact) mass is 262 g/mol. The molecule has 0 radical (unpaired) electrons. The number of pyridine rings is 1. The molecule has 1 atom stereocenters. The molecular formula is C11H13F3N2O2. The normalized spacial score (nSPS) is 13.2. The maximum atomic E-state index is 12.3. The van der Waals surface area contributed by atoms with Gasteiger partial charge in [0.25, 0.3) is 5.91 Å². The molecule has 0 bridgehead atoms. The summed E-state index contributed by atoms with van der Waals surface area (Å²) in [6.45, 7) is 1.60. The third-order valence-corrected chi connectivity index (χ3v) is 2.26. The predicted octanol–water partition coefficient (Wildman–Crippen LogP) is 1.60. The topological polar surface area (TPSA) is 62.2 Å². The number of halogens is 3. The summed E-state index contributed by atoms with van der Waals surface area (Å²) in [5, 5.41) is 11.2. The van der Waals surface area contributed by atoms with Gasteiger partial charge in [0.2, 0.25) is 0 Å². The number of alkyl halides is 3. The number of carbonyl (C=O) groups is 1. The molecule has 0 aliphatic heterocycles. The first kappa shape index (κ1) is 14.4. The van der Waals surface area contributed by atoms with Gasteiger partial charge in [-0.3, -0.25) is 9.78 Å². The average molecular weight is 262 g/mol. The maximum absolute atomic E-state index is 12.3. The van der Waals surface area contributed by atoms with Crippen LogP contribution in [0.25, 0.3) is 0 Å². The van der Waals surface area contributed by atoms with Gasteiger partial charge < -0.3 is 10.4 Å². The fraction of sp³-hybridized carbons (Fsp3) is 0.455. The Labute approximate surface area is 102 Å². The van der Waals surface area contributed by atoms with Crippen LogP contribution in [0.15, 0.2) is 18.3 Å². The number of amides is 1. The Balaban J connectivity index is 2.71. The average Bonchev–Trinajstić information content (AvgIpc) is 2.28. The van der Waals surface area contributed by atoms with Crippen LogP contribution in [0.4, 0.5) is 13.2 Å². The van der Waals surface area contributed by atoms with Crippen molar-refractivity contribution in [1.29, 1.82) is 0 Å². The Morgan fingerprint density at radius 3 is 2.61 bits per heavy atom. The molecule has 100 valence electrons. The van der Waals surface area contributed by atoms with E-state index in [1.807, 2.05) is 0 Å². The summed E-state index contributed by atoms with van der Waals surface area (Å²) in [6, 6.07) is 1.55. The van der Waals surface area contributed by atoms with Crippen LogP contribution in [0.3, 0.4) is 0 Å². The van der Waals surface area contributed by atoms with Crippen molar-refractivity contribution in [3.05, 3.63) is 29.6 Å². The summed E-state index contributed by atoms with van der Waals surface area (Å²) >= 11 is 0. The van der Waals surface area contributed by atoms with Crippen molar-refractivity contribution in [3.8, 4) is 0 Å². The van der Waals surface area contributed by atoms with Crippen LogP contribution in [-0.2, 0) is 6.18 Å². The molecule has 0 fully saturated rings. The van der Waals surface area contributed by atoms with E-state index in [9.17, 15) is 18.0 Å². The number of hydrogen-bond acceptors (Lipinski definition) is 3. The third-order valence-electron chi connectivity index (χ3n) is 2.26. The molecule has 0 spiro atoms. The number of nitrogens with one attached hydrogen (secondary N) is 1. The maximum Gasteiger partial charge on any atom is 0.417 e. The molecule has 0 aromatic carbocycles. The summed E-state index contributed by atoms with van der Waals surface area (Å²) < 4.78 is 36.8. The molecule has 7 heteroatoms. The molecule has 1 unspecified atom stereocenters. The van der Waals surface area contributed by atoms with Crippen LogP contribution in [0.1, 0.15) is 29.4 Å². The fourth-order valence-corrected chi connectivity index (χ4v) is 1.26. The molecule has 4 nitrogen and oxygen atoms in total. The lowest BCUT2D eigenvalue weighted by Crippen LogP contribution is -2.33. The Morgan fingerprint density at radius 1 is 1.50 bits per heavy atom. The van der Waals surface area contributed by atoms with Gasteiger partial charge >= 0.3 is 6.18 Å². The molecule has 1 aromatic rings. The fourth-order valence-electron chi connectivity index (χ4n) is 1.26. The lowest BCUT2D eigenvalue weighted by atomic mass is 10.2. The molecule has 1 rings (SSSR count). The zero-order valence-corrected chi connectivity index (χ0v) is 9.66. The summed E-state index contributed by atoms with van der Waals surface area (Å²) in [6.07, 6.45) is -3.48. The second-order valence-corrected chi connectivity index (χ2v) is 3.82. The molecule has 0 saturated carbocycles. The Bertz CT molecular complexity index is 404. The van der Waals surface area contributed by atoms with Crippen LogP contribution in [0.2, 0.25) is 0 Å². The van der Waals surface area contributed by atoms with E-state index in [0.29, 0.717) is 12.6 Å². The van der Waals surface area contributed by atoms with Crippen molar-refractivity contribution in [1.82, 2.24) is 10.3 Å². The second-order valence-electron chi connectivity index (χ2n) is 3.82. The van der Waals surface area contributed by atoms with Crippen molar-refractivity contribution in [3.63, 3.8) is 0 Å². The highest BCUT2D eigenvalue weighted by molar-refractivity contribution is 5.92. The van der Waals surface area contributed by atoms with Crippen LogP contribution >= 0.6 is 0 Å². The first-order chi connectivity index (χ1) is 8.34. The van der Waals surface area contributed by atoms with Gasteiger partial charge in [0, 0.05) is 18.8 Å². The Kier molecular flexibility index (Phi) is 4.66. The van der Waals surface area contributed by atoms with Crippen molar-refractivity contribution in [2.75, 3.05) is 6.61 Å². The molecule has 1 amide bonds. The quantitative estimate of drug-likeness (QED) is 0.866. The zero-order valence-electron chi connectivity index (χ0n) is 9.66. The number of aliphatic hydroxyl groups excluding tert-OH is 1. The molecule has 1 heterocycles. The van der Waals surface area contributed by atoms with Crippen LogP contribution < -0.4 is 5.32 Å². The van der Waals surface area contributed by atoms with Gasteiger partial charge in [-0.1, -0.05) is 0 Å². The minimum absolute atomic E-state index is 0.0815. The highest BCUT2D eigenvalue weighted by atomic mass is 19.4. The number of aliphatic hydroxyl groups is 1. The van der Waals surface area contributed by atoms with Crippen molar-refractivity contribution in [2.45, 2.75) is 25.6 Å². The van der Waals surface area contributed by atoms with Gasteiger partial charge in [0.15, 0.2) is 0 Å². The second kappa shape index (κ2) is 5.81. The highest BCUT2D eigenvalue weighted by Crippen LogP contribution is 2.28. The molecular weight excluding hydrogens is 249 g/mol. The van der Waals surface area contributed by atoms with E-state index < -0.39 is 17.6 Å². The molecule has 18 heavy (non-hydrogen) atoms. The minimum Gasteiger partial charge on any atom is -0.396 e. The van der Waals surface area contributed by atoms with Crippen molar-refractivity contribution < 1.29 is 23.1 Å². The van der Waals surface area contributed by atoms with E-state index in [1.54, 1.807) is 6.92 Å². The summed E-state index contributed by atoms with van der Waals surface area (Å²) in [4.78, 5) is 15.0. The van der Waals surface area contributed by atoms with E-state index in [1.165, 1.54) is 0 Å². The Morgan fingerprint density at radius 2 is 2.17 bits per heavy atom. The SMILES string of the molecule is CC(CCO)NC(=O)c1ccc(C(F)(F)F)cn1. The van der Waals surface area contributed by atoms with Gasteiger partial charge in [0.1, 0.15) is 5.69 Å². The summed E-state index contributed by atoms with van der Waals surface area (Å²) in [5.74, 6) is -0.565. The van der Waals surface area contributed by atoms with Gasteiger partial charge in [-0.05, 0) is 25.5 Å². The first-order valence-electron chi connectivity index (χ1n) is 5.29. The zero-order chi connectivity index (χ0) is 13.8. The number of aromatic nitrogens is 1. The first-order valence-corrected chi connectivity index (χ1v) is 5.29. The van der Waals surface area contributed by atoms with Gasteiger partial charge in [-0.2, -0.15) is 13.2 Å². The highest BCUT2D eigenvalue weighted by Gasteiger charge is 2.30. The smallest absolute Gasteiger partial charge is 0.396 e. The largest absolute Gasteiger partial charge is 0.417 e. The predicted molar refractivity (Wildman–Crippen MR) is 57.9 cm³/mol. The number of nitrogens with zero attached hydrogens (tertiary/aromatic N) is 1. The molecule has 2 N–H and O–H groups in total. The van der Waals surface area contributed by atoms with E-state index in [2.05, 4.69) is 10.3 Å². The minimum atomic E-state index is -4.47. The molecule has 0 aliphatic carbocycles. The van der Waals surface area contributed by atoms with E-state index in [4.69, 9.17) is 5.11 Å². The van der Waals surface area contributed by atoms with Crippen molar-refractivity contribution >= 4 is 5.91 Å². The van der Waals surface area contributed by atoms with Gasteiger partial charge in [0.05, 0.1) is 5.56 Å². The summed E-state index contributed by atoms with van der Waals surface area (Å²) in [7, 11) is 0. The summed E-state index contributed by atoms with van der Waals surface area (Å²) in [5.41, 5.74) is -0.991. The number of rotatable bonds is 4. The van der Waals surface area contributed by atoms with Crippen LogP contribution in [0, 0.1) is 0 Å². The Hall–Kier alpha value is -1.63. The van der Waals surface area contributed by atoms with Crippen LogP contribution in [0.5, 0.6) is 0 Å². The van der Waals surface area contributed by atoms with Crippen LogP contribution in [-0.4, -0.2) is 28.6 Å². The van der Waals surface area contributed by atoms with Gasteiger partial charge in [-0.25, -0.2) is 0 Å². The molecule has 1 aromatic heterocycles. The van der Waals surface area contributed by atoms with E-state index >= 15 is 0 Å². The van der Waals surface area contributed by atoms with Crippen molar-refractivity contribution in [2.24, 2.45) is 0 Å². The number of hydrogen-bond donors (Lipinski definition) is 2. The lowest BCUT2D eigenvalue weighted by molar-refractivity contribution is -0.137. The van der Waals surface area contributed by atoms with Gasteiger partial charge in [-0.15, -0.1) is 0 Å². The third kappa shape index (κ3) is 3.99. The van der Waals surface area contributed by atoms with E-state index in [-0.39, 0.29) is 18.3 Å². The molecule has 0 aliphatic rings.